The Hall–Kier alpha value is -2.37. The largest absolute Gasteiger partial charge is 0.478 e. The topological polar surface area (TPSA) is 104 Å². The Balaban J connectivity index is 2.03. The Labute approximate surface area is 140 Å². The van der Waals surface area contributed by atoms with Gasteiger partial charge in [-0.1, -0.05) is 5.92 Å². The number of hydrogen-bond acceptors (Lipinski definition) is 4. The van der Waals surface area contributed by atoms with E-state index in [1.807, 2.05) is 0 Å². The van der Waals surface area contributed by atoms with Gasteiger partial charge < -0.3 is 10.4 Å². The third kappa shape index (κ3) is 3.93. The van der Waals surface area contributed by atoms with Gasteiger partial charge in [0.25, 0.3) is 0 Å². The van der Waals surface area contributed by atoms with Crippen LogP contribution in [0.25, 0.3) is 0 Å². The van der Waals surface area contributed by atoms with Crippen LogP contribution in [0.3, 0.4) is 0 Å². The molecule has 0 aliphatic carbocycles. The summed E-state index contributed by atoms with van der Waals surface area (Å²) in [7, 11) is -3.69. The highest BCUT2D eigenvalue weighted by atomic mass is 32.2. The molecule has 1 aromatic carbocycles. The van der Waals surface area contributed by atoms with Gasteiger partial charge in [0.15, 0.2) is 0 Å². The van der Waals surface area contributed by atoms with Crippen LogP contribution in [0.2, 0.25) is 0 Å². The van der Waals surface area contributed by atoms with E-state index in [0.717, 1.165) is 0 Å². The van der Waals surface area contributed by atoms with Crippen molar-refractivity contribution in [1.29, 1.82) is 0 Å². The minimum absolute atomic E-state index is 0.0258. The molecule has 1 saturated heterocycles. The summed E-state index contributed by atoms with van der Waals surface area (Å²) in [5.41, 5.74) is 0.0258. The molecule has 7 nitrogen and oxygen atoms in total. The minimum Gasteiger partial charge on any atom is -0.478 e. The molecule has 8 heteroatoms. The summed E-state index contributed by atoms with van der Waals surface area (Å²) in [6, 6.07) is 5.08. The summed E-state index contributed by atoms with van der Waals surface area (Å²) in [5.74, 6) is 0.804. The first kappa shape index (κ1) is 18.0. The minimum atomic E-state index is -3.69. The highest BCUT2D eigenvalue weighted by molar-refractivity contribution is 7.89. The monoisotopic (exact) mass is 350 g/mol. The number of benzene rings is 1. The molecule has 0 unspecified atom stereocenters. The van der Waals surface area contributed by atoms with Crippen molar-refractivity contribution >= 4 is 21.9 Å². The number of amides is 1. The van der Waals surface area contributed by atoms with Gasteiger partial charge in [-0.15, -0.1) is 6.42 Å². The number of hydrogen-bond donors (Lipinski definition) is 2. The number of carbonyl (C=O) groups excluding carboxylic acids is 1. The summed E-state index contributed by atoms with van der Waals surface area (Å²) >= 11 is 0. The zero-order valence-electron chi connectivity index (χ0n) is 12.9. The molecule has 1 heterocycles. The van der Waals surface area contributed by atoms with Crippen LogP contribution in [-0.2, 0) is 14.8 Å². The second kappa shape index (κ2) is 7.47. The maximum absolute atomic E-state index is 12.6. The van der Waals surface area contributed by atoms with E-state index in [4.69, 9.17) is 11.5 Å². The molecule has 0 aromatic heterocycles. The number of carbonyl (C=O) groups is 2. The molecular formula is C16H18N2O5S. The predicted molar refractivity (Wildman–Crippen MR) is 86.7 cm³/mol. The molecule has 1 aliphatic heterocycles. The van der Waals surface area contributed by atoms with Crippen LogP contribution in [0.5, 0.6) is 0 Å². The van der Waals surface area contributed by atoms with Crippen molar-refractivity contribution in [1.82, 2.24) is 9.62 Å². The van der Waals surface area contributed by atoms with E-state index < -0.39 is 16.0 Å². The Kier molecular flexibility index (Phi) is 5.59. The Morgan fingerprint density at radius 2 is 1.83 bits per heavy atom. The molecule has 0 atom stereocenters. The predicted octanol–water partition coefficient (Wildman–Crippen LogP) is 0.535. The van der Waals surface area contributed by atoms with Crippen molar-refractivity contribution < 1.29 is 23.1 Å². The number of nitrogens with one attached hydrogen (secondary N) is 1. The van der Waals surface area contributed by atoms with E-state index in [1.54, 1.807) is 0 Å². The number of aromatic carboxylic acids is 1. The summed E-state index contributed by atoms with van der Waals surface area (Å²) in [6.45, 7) is 0.627. The quantitative estimate of drug-likeness (QED) is 0.754. The van der Waals surface area contributed by atoms with Crippen molar-refractivity contribution in [2.24, 2.45) is 5.92 Å². The summed E-state index contributed by atoms with van der Waals surface area (Å²) in [5, 5.41) is 11.5. The molecule has 1 amide bonds. The van der Waals surface area contributed by atoms with Crippen LogP contribution in [0.1, 0.15) is 23.2 Å². The second-order valence-electron chi connectivity index (χ2n) is 5.43. The van der Waals surface area contributed by atoms with Gasteiger partial charge in [-0.05, 0) is 37.1 Å². The Bertz CT molecular complexity index is 757. The highest BCUT2D eigenvalue weighted by Gasteiger charge is 2.31. The fourth-order valence-electron chi connectivity index (χ4n) is 2.56. The van der Waals surface area contributed by atoms with Gasteiger partial charge >= 0.3 is 5.97 Å². The number of sulfonamides is 1. The van der Waals surface area contributed by atoms with Crippen molar-refractivity contribution in [2.45, 2.75) is 17.7 Å². The van der Waals surface area contributed by atoms with Crippen molar-refractivity contribution in [2.75, 3.05) is 19.6 Å². The third-order valence-electron chi connectivity index (χ3n) is 3.93. The Morgan fingerprint density at radius 1 is 1.25 bits per heavy atom. The molecule has 0 saturated carbocycles. The normalized spacial score (nSPS) is 16.3. The number of rotatable bonds is 5. The van der Waals surface area contributed by atoms with Gasteiger partial charge in [0.05, 0.1) is 17.0 Å². The molecule has 0 radical (unpaired) electrons. The van der Waals surface area contributed by atoms with Crippen LogP contribution >= 0.6 is 0 Å². The van der Waals surface area contributed by atoms with Gasteiger partial charge in [-0.25, -0.2) is 13.2 Å². The lowest BCUT2D eigenvalue weighted by Gasteiger charge is -2.30. The van der Waals surface area contributed by atoms with Gasteiger partial charge in [-0.2, -0.15) is 4.31 Å². The zero-order chi connectivity index (χ0) is 17.7. The van der Waals surface area contributed by atoms with E-state index in [-0.39, 0.29) is 41.9 Å². The van der Waals surface area contributed by atoms with Crippen LogP contribution in [-0.4, -0.2) is 49.3 Å². The van der Waals surface area contributed by atoms with Gasteiger partial charge in [0.2, 0.25) is 15.9 Å². The number of carboxylic acid groups (broad SMARTS) is 1. The van der Waals surface area contributed by atoms with E-state index in [9.17, 15) is 18.0 Å². The van der Waals surface area contributed by atoms with E-state index in [2.05, 4.69) is 11.2 Å². The molecule has 1 aliphatic rings. The summed E-state index contributed by atoms with van der Waals surface area (Å²) in [4.78, 5) is 22.7. The van der Waals surface area contributed by atoms with Crippen LogP contribution in [0.4, 0.5) is 0 Å². The molecule has 0 spiro atoms. The van der Waals surface area contributed by atoms with Gasteiger partial charge in [0.1, 0.15) is 0 Å². The smallest absolute Gasteiger partial charge is 0.335 e. The Morgan fingerprint density at radius 3 is 2.33 bits per heavy atom. The zero-order valence-corrected chi connectivity index (χ0v) is 13.8. The maximum atomic E-state index is 12.6. The lowest BCUT2D eigenvalue weighted by atomic mass is 9.97. The van der Waals surface area contributed by atoms with Crippen molar-refractivity contribution in [3.63, 3.8) is 0 Å². The lowest BCUT2D eigenvalue weighted by molar-refractivity contribution is -0.125. The van der Waals surface area contributed by atoms with Gasteiger partial charge in [-0.3, -0.25) is 4.79 Å². The first-order chi connectivity index (χ1) is 11.4. The van der Waals surface area contributed by atoms with Crippen molar-refractivity contribution in [3.05, 3.63) is 29.8 Å². The number of nitrogens with zero attached hydrogens (tertiary/aromatic N) is 1. The summed E-state index contributed by atoms with van der Waals surface area (Å²) in [6.07, 6.45) is 5.93. The lowest BCUT2D eigenvalue weighted by Crippen LogP contribution is -2.43. The van der Waals surface area contributed by atoms with Gasteiger partial charge in [0, 0.05) is 19.0 Å². The molecule has 128 valence electrons. The average Bonchev–Trinajstić information content (AvgIpc) is 2.59. The molecule has 24 heavy (non-hydrogen) atoms. The van der Waals surface area contributed by atoms with E-state index >= 15 is 0 Å². The van der Waals surface area contributed by atoms with Crippen molar-refractivity contribution in [3.8, 4) is 12.3 Å². The fraction of sp³-hybridized carbons (Fsp3) is 0.375. The highest BCUT2D eigenvalue weighted by Crippen LogP contribution is 2.24. The maximum Gasteiger partial charge on any atom is 0.335 e. The standard InChI is InChI=1S/C16H18N2O5S/c1-2-9-17-15(19)12-7-10-18(11-8-12)24(22,23)14-5-3-13(4-6-14)16(20)21/h1,3-6,12H,7-11H2,(H,17,19)(H,20,21). The first-order valence-corrected chi connectivity index (χ1v) is 8.85. The molecule has 2 N–H and O–H groups in total. The van der Waals surface area contributed by atoms with Crippen LogP contribution in [0, 0.1) is 18.3 Å². The second-order valence-corrected chi connectivity index (χ2v) is 7.37. The SMILES string of the molecule is C#CCNC(=O)C1CCN(S(=O)(=O)c2ccc(C(=O)O)cc2)CC1. The molecule has 1 fully saturated rings. The number of terminal acetylenes is 1. The fourth-order valence-corrected chi connectivity index (χ4v) is 4.03. The molecule has 0 bridgehead atoms. The number of piperidine rings is 1. The first-order valence-electron chi connectivity index (χ1n) is 7.41. The summed E-state index contributed by atoms with van der Waals surface area (Å²) < 4.78 is 26.4. The number of carboxylic acids is 1. The molecule has 2 rings (SSSR count). The third-order valence-corrected chi connectivity index (χ3v) is 5.84. The van der Waals surface area contributed by atoms with E-state index in [0.29, 0.717) is 12.8 Å². The molecule has 1 aromatic rings. The van der Waals surface area contributed by atoms with E-state index in [1.165, 1.54) is 28.6 Å². The van der Waals surface area contributed by atoms with Crippen LogP contribution < -0.4 is 5.32 Å². The van der Waals surface area contributed by atoms with Crippen LogP contribution in [0.15, 0.2) is 29.2 Å². The average molecular weight is 350 g/mol. The molecular weight excluding hydrogens is 332 g/mol.